The predicted molar refractivity (Wildman–Crippen MR) is 132 cm³/mol. The van der Waals surface area contributed by atoms with E-state index in [2.05, 4.69) is 18.8 Å². The van der Waals surface area contributed by atoms with E-state index in [0.29, 0.717) is 29.4 Å². The van der Waals surface area contributed by atoms with Gasteiger partial charge in [-0.25, -0.2) is 0 Å². The summed E-state index contributed by atoms with van der Waals surface area (Å²) < 4.78 is 10.9. The highest BCUT2D eigenvalue weighted by molar-refractivity contribution is 6.03. The van der Waals surface area contributed by atoms with Crippen LogP contribution >= 0.6 is 0 Å². The quantitative estimate of drug-likeness (QED) is 0.443. The van der Waals surface area contributed by atoms with Crippen LogP contribution in [-0.4, -0.2) is 43.0 Å². The van der Waals surface area contributed by atoms with Gasteiger partial charge in [0.05, 0.1) is 7.11 Å². The van der Waals surface area contributed by atoms with Crippen LogP contribution in [0.4, 0.5) is 5.69 Å². The zero-order valence-electron chi connectivity index (χ0n) is 19.6. The molecule has 1 saturated heterocycles. The second-order valence-corrected chi connectivity index (χ2v) is 8.21. The van der Waals surface area contributed by atoms with Gasteiger partial charge in [-0.2, -0.15) is 0 Å². The van der Waals surface area contributed by atoms with E-state index in [0.717, 1.165) is 30.5 Å². The number of anilines is 1. The van der Waals surface area contributed by atoms with Crippen LogP contribution in [0.3, 0.4) is 0 Å². The van der Waals surface area contributed by atoms with Crippen molar-refractivity contribution in [3.8, 4) is 11.5 Å². The Morgan fingerprint density at radius 2 is 2.00 bits per heavy atom. The third-order valence-corrected chi connectivity index (χ3v) is 5.77. The predicted octanol–water partition coefficient (Wildman–Crippen LogP) is 5.23. The number of methoxy groups -OCH3 is 1. The topological polar surface area (TPSA) is 67.9 Å². The number of hydrogen-bond acceptors (Lipinski definition) is 4. The van der Waals surface area contributed by atoms with Crippen LogP contribution in [0.2, 0.25) is 0 Å². The van der Waals surface area contributed by atoms with Gasteiger partial charge < -0.3 is 19.7 Å². The molecule has 3 rings (SSSR count). The van der Waals surface area contributed by atoms with Gasteiger partial charge in [-0.15, -0.1) is 0 Å². The number of carbonyl (C=O) groups excluding carboxylic acids is 2. The van der Waals surface area contributed by atoms with Crippen molar-refractivity contribution in [1.82, 2.24) is 4.90 Å². The Morgan fingerprint density at radius 3 is 2.70 bits per heavy atom. The lowest BCUT2D eigenvalue weighted by atomic mass is 10.0. The van der Waals surface area contributed by atoms with Crippen LogP contribution in [0.5, 0.6) is 11.5 Å². The highest BCUT2D eigenvalue weighted by Gasteiger charge is 2.24. The molecule has 1 heterocycles. The molecular weight excluding hydrogens is 416 g/mol. The van der Waals surface area contributed by atoms with Gasteiger partial charge in [0.15, 0.2) is 11.5 Å². The Kier molecular flexibility index (Phi) is 8.30. The second kappa shape index (κ2) is 11.4. The van der Waals surface area contributed by atoms with Crippen LogP contribution in [0, 0.1) is 6.92 Å². The van der Waals surface area contributed by atoms with Crippen molar-refractivity contribution in [2.24, 2.45) is 0 Å². The average Bonchev–Trinajstić information content (AvgIpc) is 2.82. The fourth-order valence-corrected chi connectivity index (χ4v) is 3.90. The lowest BCUT2D eigenvalue weighted by Gasteiger charge is -2.33. The lowest BCUT2D eigenvalue weighted by Crippen LogP contribution is -2.42. The minimum atomic E-state index is -0.257. The molecule has 2 aromatic carbocycles. The van der Waals surface area contributed by atoms with Gasteiger partial charge in [0.1, 0.15) is 6.61 Å². The molecule has 1 aliphatic rings. The maximum absolute atomic E-state index is 12.9. The van der Waals surface area contributed by atoms with Crippen molar-refractivity contribution in [2.45, 2.75) is 39.2 Å². The minimum absolute atomic E-state index is 0.0533. The molecule has 1 aliphatic heterocycles. The first kappa shape index (κ1) is 24.1. The summed E-state index contributed by atoms with van der Waals surface area (Å²) in [5.74, 6) is 0.993. The van der Waals surface area contributed by atoms with Gasteiger partial charge in [0.25, 0.3) is 5.91 Å². The highest BCUT2D eigenvalue weighted by atomic mass is 16.5. The number of rotatable bonds is 8. The van der Waals surface area contributed by atoms with Gasteiger partial charge in [-0.3, -0.25) is 9.59 Å². The molecular formula is C27H32N2O4. The summed E-state index contributed by atoms with van der Waals surface area (Å²) in [6, 6.07) is 11.1. The van der Waals surface area contributed by atoms with Crippen molar-refractivity contribution in [1.29, 1.82) is 0 Å². The number of nitrogens with zero attached hydrogens (tertiary/aromatic N) is 1. The third-order valence-electron chi connectivity index (χ3n) is 5.77. The summed E-state index contributed by atoms with van der Waals surface area (Å²) in [4.78, 5) is 27.3. The maximum atomic E-state index is 12.9. The van der Waals surface area contributed by atoms with Crippen LogP contribution in [0.1, 0.15) is 47.7 Å². The minimum Gasteiger partial charge on any atom is -0.493 e. The number of carbonyl (C=O) groups is 2. The van der Waals surface area contributed by atoms with E-state index in [4.69, 9.17) is 9.47 Å². The zero-order valence-corrected chi connectivity index (χ0v) is 19.6. The molecule has 174 valence electrons. The fraction of sp³-hybridized carbons (Fsp3) is 0.333. The number of likely N-dealkylation sites (tertiary alicyclic amines) is 1. The molecule has 0 aromatic heterocycles. The molecule has 1 fully saturated rings. The first-order chi connectivity index (χ1) is 15.9. The number of nitrogens with one attached hydrogen (secondary N) is 1. The highest BCUT2D eigenvalue weighted by Crippen LogP contribution is 2.28. The number of piperidine rings is 1. The van der Waals surface area contributed by atoms with E-state index in [-0.39, 0.29) is 17.9 Å². The Labute approximate surface area is 195 Å². The van der Waals surface area contributed by atoms with Crippen molar-refractivity contribution in [3.63, 3.8) is 0 Å². The number of ether oxygens (including phenoxy) is 2. The van der Waals surface area contributed by atoms with Gasteiger partial charge >= 0.3 is 0 Å². The van der Waals surface area contributed by atoms with Crippen LogP contribution in [0.25, 0.3) is 6.08 Å². The molecule has 0 spiro atoms. The second-order valence-electron chi connectivity index (χ2n) is 8.21. The maximum Gasteiger partial charge on any atom is 0.254 e. The van der Waals surface area contributed by atoms with Gasteiger partial charge in [0.2, 0.25) is 5.91 Å². The Morgan fingerprint density at radius 1 is 1.18 bits per heavy atom. The van der Waals surface area contributed by atoms with E-state index in [9.17, 15) is 9.59 Å². The van der Waals surface area contributed by atoms with Crippen LogP contribution in [-0.2, 0) is 4.79 Å². The van der Waals surface area contributed by atoms with E-state index >= 15 is 0 Å². The summed E-state index contributed by atoms with van der Waals surface area (Å²) in [6.07, 6.45) is 8.10. The van der Waals surface area contributed by atoms with Crippen LogP contribution in [0.15, 0.2) is 55.1 Å². The van der Waals surface area contributed by atoms with E-state index < -0.39 is 0 Å². The average molecular weight is 449 g/mol. The molecule has 1 unspecified atom stereocenters. The van der Waals surface area contributed by atoms with Crippen molar-refractivity contribution in [2.75, 3.05) is 25.6 Å². The number of hydrogen-bond donors (Lipinski definition) is 1. The van der Waals surface area contributed by atoms with Crippen molar-refractivity contribution < 1.29 is 19.1 Å². The van der Waals surface area contributed by atoms with Crippen molar-refractivity contribution >= 4 is 23.6 Å². The number of benzene rings is 2. The van der Waals surface area contributed by atoms with Crippen LogP contribution < -0.4 is 14.8 Å². The molecule has 2 amide bonds. The molecule has 0 bridgehead atoms. The van der Waals surface area contributed by atoms with Gasteiger partial charge in [0, 0.05) is 29.9 Å². The first-order valence-corrected chi connectivity index (χ1v) is 11.3. The van der Waals surface area contributed by atoms with Gasteiger partial charge in [-0.05, 0) is 80.6 Å². The molecule has 1 N–H and O–H groups in total. The third kappa shape index (κ3) is 6.25. The molecule has 33 heavy (non-hydrogen) atoms. The standard InChI is InChI=1S/C27H32N2O4/c1-5-16-33-24-13-9-21(18-25(24)32-4)10-14-26(30)28-23-12-11-22(17-19(23)2)27(31)29-15-7-6-8-20(29)3/h5,9-14,17-18,20H,1,6-8,15-16H2,2-4H3,(H,28,30)/b14-10+. The fourth-order valence-electron chi connectivity index (χ4n) is 3.90. The summed E-state index contributed by atoms with van der Waals surface area (Å²) in [5, 5.41) is 2.89. The molecule has 1 atom stereocenters. The molecule has 6 heteroatoms. The van der Waals surface area contributed by atoms with Crippen molar-refractivity contribution in [3.05, 3.63) is 71.8 Å². The SMILES string of the molecule is C=CCOc1ccc(/C=C/C(=O)Nc2ccc(C(=O)N3CCCCC3C)cc2C)cc1OC. The summed E-state index contributed by atoms with van der Waals surface area (Å²) in [7, 11) is 1.57. The Hall–Kier alpha value is -3.54. The molecule has 0 radical (unpaired) electrons. The van der Waals surface area contributed by atoms with E-state index in [1.807, 2.05) is 24.0 Å². The van der Waals surface area contributed by atoms with E-state index in [1.165, 1.54) is 12.5 Å². The molecule has 0 saturated carbocycles. The first-order valence-electron chi connectivity index (χ1n) is 11.3. The zero-order chi connectivity index (χ0) is 23.8. The summed E-state index contributed by atoms with van der Waals surface area (Å²) in [6.45, 7) is 8.81. The largest absolute Gasteiger partial charge is 0.493 e. The monoisotopic (exact) mass is 448 g/mol. The number of amides is 2. The molecule has 2 aromatic rings. The Balaban J connectivity index is 1.65. The molecule has 6 nitrogen and oxygen atoms in total. The lowest BCUT2D eigenvalue weighted by molar-refractivity contribution is -0.111. The molecule has 0 aliphatic carbocycles. The smallest absolute Gasteiger partial charge is 0.254 e. The Bertz CT molecular complexity index is 1040. The summed E-state index contributed by atoms with van der Waals surface area (Å²) in [5.41, 5.74) is 2.98. The van der Waals surface area contributed by atoms with Gasteiger partial charge in [-0.1, -0.05) is 18.7 Å². The normalized spacial score (nSPS) is 15.8. The number of aryl methyl sites for hydroxylation is 1. The summed E-state index contributed by atoms with van der Waals surface area (Å²) >= 11 is 0. The van der Waals surface area contributed by atoms with E-state index in [1.54, 1.807) is 43.5 Å².